The van der Waals surface area contributed by atoms with Gasteiger partial charge in [0, 0.05) is 23.7 Å². The number of methoxy groups -OCH3 is 1. The molecule has 1 aliphatic rings. The van der Waals surface area contributed by atoms with E-state index in [1.165, 1.54) is 0 Å². The largest absolute Gasteiger partial charge is 0.495 e. The Bertz CT molecular complexity index is 549. The van der Waals surface area contributed by atoms with Crippen LogP contribution < -0.4 is 10.1 Å². The molecule has 1 unspecified atom stereocenters. The topological polar surface area (TPSA) is 61.8 Å². The number of ether oxygens (including phenoxy) is 1. The molecule has 1 fully saturated rings. The van der Waals surface area contributed by atoms with E-state index in [4.69, 9.17) is 16.3 Å². The number of carbonyl (C=O) groups excluding carboxylic acids is 1. The van der Waals surface area contributed by atoms with E-state index in [-0.39, 0.29) is 18.6 Å². The Balaban J connectivity index is 2.02. The number of nitrogens with one attached hydrogen (secondary N) is 1. The number of aryl methyl sites for hydroxylation is 1. The Labute approximate surface area is 142 Å². The standard InChI is InChI=1S/C17H25ClN2O3/c1-12-9-15(16(23-2)10-14(12)18)19-17(22)11-20-7-4-3-5-13(20)6-8-21/h9-10,13,21H,3-8,11H2,1-2H3,(H,19,22). The first kappa shape index (κ1) is 18.0. The second kappa shape index (κ2) is 8.52. The van der Waals surface area contributed by atoms with Crippen LogP contribution in [0.3, 0.4) is 0 Å². The Morgan fingerprint density at radius 1 is 1.48 bits per heavy atom. The van der Waals surface area contributed by atoms with Crippen LogP contribution in [-0.4, -0.2) is 48.8 Å². The van der Waals surface area contributed by atoms with Gasteiger partial charge < -0.3 is 15.2 Å². The first-order valence-electron chi connectivity index (χ1n) is 8.04. The van der Waals surface area contributed by atoms with Crippen LogP contribution in [0.4, 0.5) is 5.69 Å². The summed E-state index contributed by atoms with van der Waals surface area (Å²) < 4.78 is 5.29. The van der Waals surface area contributed by atoms with Crippen LogP contribution in [0.5, 0.6) is 5.75 Å². The number of halogens is 1. The lowest BCUT2D eigenvalue weighted by atomic mass is 9.99. The number of rotatable bonds is 6. The molecule has 2 N–H and O–H groups in total. The number of amides is 1. The van der Waals surface area contributed by atoms with Crippen molar-refractivity contribution in [2.75, 3.05) is 32.1 Å². The fraction of sp³-hybridized carbons (Fsp3) is 0.588. The summed E-state index contributed by atoms with van der Waals surface area (Å²) in [4.78, 5) is 14.5. The molecule has 128 valence electrons. The van der Waals surface area contributed by atoms with E-state index >= 15 is 0 Å². The lowest BCUT2D eigenvalue weighted by Gasteiger charge is -2.34. The molecule has 0 radical (unpaired) electrons. The van der Waals surface area contributed by atoms with Gasteiger partial charge in [0.2, 0.25) is 5.91 Å². The van der Waals surface area contributed by atoms with E-state index in [2.05, 4.69) is 10.2 Å². The zero-order valence-corrected chi connectivity index (χ0v) is 14.5. The zero-order valence-electron chi connectivity index (χ0n) is 13.8. The van der Waals surface area contributed by atoms with Crippen LogP contribution in [0, 0.1) is 6.92 Å². The molecule has 2 rings (SSSR count). The number of likely N-dealkylation sites (tertiary alicyclic amines) is 1. The van der Waals surface area contributed by atoms with Crippen LogP contribution in [0.2, 0.25) is 5.02 Å². The van der Waals surface area contributed by atoms with Gasteiger partial charge in [0.15, 0.2) is 0 Å². The highest BCUT2D eigenvalue weighted by atomic mass is 35.5. The maximum Gasteiger partial charge on any atom is 0.238 e. The van der Waals surface area contributed by atoms with Crippen molar-refractivity contribution in [1.29, 1.82) is 0 Å². The summed E-state index contributed by atoms with van der Waals surface area (Å²) in [6, 6.07) is 3.82. The number of aliphatic hydroxyl groups excluding tert-OH is 1. The Kier molecular flexibility index (Phi) is 6.69. The summed E-state index contributed by atoms with van der Waals surface area (Å²) in [7, 11) is 1.55. The van der Waals surface area contributed by atoms with Crippen molar-refractivity contribution in [2.45, 2.75) is 38.6 Å². The molecule has 23 heavy (non-hydrogen) atoms. The van der Waals surface area contributed by atoms with E-state index in [0.29, 0.717) is 23.0 Å². The van der Waals surface area contributed by atoms with Gasteiger partial charge in [0.05, 0.1) is 19.3 Å². The summed E-state index contributed by atoms with van der Waals surface area (Å²) in [5.41, 5.74) is 1.52. The molecule has 1 saturated heterocycles. The monoisotopic (exact) mass is 340 g/mol. The van der Waals surface area contributed by atoms with E-state index < -0.39 is 0 Å². The summed E-state index contributed by atoms with van der Waals surface area (Å²) in [6.45, 7) is 3.27. The lowest BCUT2D eigenvalue weighted by Crippen LogP contribution is -2.44. The highest BCUT2D eigenvalue weighted by molar-refractivity contribution is 6.31. The van der Waals surface area contributed by atoms with Crippen molar-refractivity contribution in [2.24, 2.45) is 0 Å². The molecule has 1 aliphatic heterocycles. The third-order valence-electron chi connectivity index (χ3n) is 4.31. The normalized spacial score (nSPS) is 18.7. The van der Waals surface area contributed by atoms with Crippen molar-refractivity contribution in [3.8, 4) is 5.75 Å². The molecule has 1 amide bonds. The molecule has 1 aromatic carbocycles. The van der Waals surface area contributed by atoms with E-state index in [1.54, 1.807) is 13.2 Å². The van der Waals surface area contributed by atoms with Crippen LogP contribution in [0.15, 0.2) is 12.1 Å². The van der Waals surface area contributed by atoms with E-state index in [0.717, 1.165) is 37.8 Å². The molecule has 1 aromatic rings. The number of carbonyl (C=O) groups is 1. The first-order valence-corrected chi connectivity index (χ1v) is 8.42. The molecule has 6 heteroatoms. The van der Waals surface area contributed by atoms with Crippen molar-refractivity contribution >= 4 is 23.2 Å². The van der Waals surface area contributed by atoms with Gasteiger partial charge in [-0.3, -0.25) is 9.69 Å². The fourth-order valence-corrected chi connectivity index (χ4v) is 3.20. The summed E-state index contributed by atoms with van der Waals surface area (Å²) in [6.07, 6.45) is 4.01. The Morgan fingerprint density at radius 2 is 2.26 bits per heavy atom. The van der Waals surface area contributed by atoms with Gasteiger partial charge in [-0.1, -0.05) is 18.0 Å². The number of aliphatic hydroxyl groups is 1. The zero-order chi connectivity index (χ0) is 16.8. The highest BCUT2D eigenvalue weighted by Gasteiger charge is 2.24. The highest BCUT2D eigenvalue weighted by Crippen LogP contribution is 2.31. The summed E-state index contributed by atoms with van der Waals surface area (Å²) in [5.74, 6) is 0.481. The smallest absolute Gasteiger partial charge is 0.238 e. The summed E-state index contributed by atoms with van der Waals surface area (Å²) in [5, 5.41) is 12.7. The van der Waals surface area contributed by atoms with Gasteiger partial charge >= 0.3 is 0 Å². The molecule has 0 aromatic heterocycles. The van der Waals surface area contributed by atoms with Crippen molar-refractivity contribution in [3.05, 3.63) is 22.7 Å². The first-order chi connectivity index (χ1) is 11.0. The van der Waals surface area contributed by atoms with Crippen LogP contribution in [0.1, 0.15) is 31.2 Å². The molecule has 0 spiro atoms. The second-order valence-corrected chi connectivity index (χ2v) is 6.39. The van der Waals surface area contributed by atoms with Crippen LogP contribution in [-0.2, 0) is 4.79 Å². The number of nitrogens with zero attached hydrogens (tertiary/aromatic N) is 1. The van der Waals surface area contributed by atoms with Crippen LogP contribution in [0.25, 0.3) is 0 Å². The minimum Gasteiger partial charge on any atom is -0.495 e. The number of benzene rings is 1. The molecule has 0 saturated carbocycles. The molecular formula is C17H25ClN2O3. The van der Waals surface area contributed by atoms with E-state index in [1.807, 2.05) is 13.0 Å². The lowest BCUT2D eigenvalue weighted by molar-refractivity contribution is -0.118. The van der Waals surface area contributed by atoms with Gasteiger partial charge in [0.25, 0.3) is 0 Å². The van der Waals surface area contributed by atoms with Gasteiger partial charge in [-0.2, -0.15) is 0 Å². The molecule has 0 aliphatic carbocycles. The number of piperidine rings is 1. The average molecular weight is 341 g/mol. The quantitative estimate of drug-likeness (QED) is 0.836. The number of hydrogen-bond acceptors (Lipinski definition) is 4. The summed E-state index contributed by atoms with van der Waals surface area (Å²) >= 11 is 6.09. The molecule has 5 nitrogen and oxygen atoms in total. The van der Waals surface area contributed by atoms with Crippen molar-refractivity contribution in [3.63, 3.8) is 0 Å². The Morgan fingerprint density at radius 3 is 2.96 bits per heavy atom. The van der Waals surface area contributed by atoms with Gasteiger partial charge in [0.1, 0.15) is 5.75 Å². The fourth-order valence-electron chi connectivity index (χ4n) is 3.05. The second-order valence-electron chi connectivity index (χ2n) is 5.98. The van der Waals surface area contributed by atoms with Crippen molar-refractivity contribution in [1.82, 2.24) is 4.90 Å². The van der Waals surface area contributed by atoms with Crippen molar-refractivity contribution < 1.29 is 14.6 Å². The van der Waals surface area contributed by atoms with Gasteiger partial charge in [-0.25, -0.2) is 0 Å². The maximum absolute atomic E-state index is 12.4. The molecule has 1 heterocycles. The average Bonchev–Trinajstić information content (AvgIpc) is 2.52. The van der Waals surface area contributed by atoms with Gasteiger partial charge in [-0.15, -0.1) is 0 Å². The Hall–Kier alpha value is -1.30. The molecular weight excluding hydrogens is 316 g/mol. The van der Waals surface area contributed by atoms with Gasteiger partial charge in [-0.05, 0) is 44.4 Å². The third kappa shape index (κ3) is 4.83. The number of hydrogen-bond donors (Lipinski definition) is 2. The van der Waals surface area contributed by atoms with E-state index in [9.17, 15) is 9.90 Å². The minimum absolute atomic E-state index is 0.0742. The maximum atomic E-state index is 12.4. The predicted octanol–water partition coefficient (Wildman–Crippen LogP) is 2.83. The predicted molar refractivity (Wildman–Crippen MR) is 92.3 cm³/mol. The third-order valence-corrected chi connectivity index (χ3v) is 4.72. The van der Waals surface area contributed by atoms with Crippen LogP contribution >= 0.6 is 11.6 Å². The minimum atomic E-state index is -0.0742. The molecule has 0 bridgehead atoms. The SMILES string of the molecule is COc1cc(Cl)c(C)cc1NC(=O)CN1CCCCC1CCO. The molecule has 1 atom stereocenters. The number of anilines is 1.